The van der Waals surface area contributed by atoms with E-state index in [1.807, 2.05) is 0 Å². The number of hydrazone groups is 1. The average molecular weight is 382 g/mol. The van der Waals surface area contributed by atoms with Crippen LogP contribution in [0.3, 0.4) is 0 Å². The Hall–Kier alpha value is -2.97. The number of amidine groups is 1. The highest BCUT2D eigenvalue weighted by atomic mass is 32.2. The molecule has 0 amide bonds. The van der Waals surface area contributed by atoms with E-state index in [4.69, 9.17) is 16.9 Å². The van der Waals surface area contributed by atoms with E-state index in [9.17, 15) is 18.0 Å². The lowest BCUT2D eigenvalue weighted by atomic mass is 10.1. The van der Waals surface area contributed by atoms with Gasteiger partial charge in [-0.3, -0.25) is 4.79 Å². The summed E-state index contributed by atoms with van der Waals surface area (Å²) in [5.74, 6) is 10.9. The summed E-state index contributed by atoms with van der Waals surface area (Å²) in [6.45, 7) is 0. The predicted octanol–water partition coefficient (Wildman–Crippen LogP) is 1.64. The second kappa shape index (κ2) is 7.94. The first-order valence-electron chi connectivity index (χ1n) is 7.01. The minimum absolute atomic E-state index is 0.151. The van der Waals surface area contributed by atoms with Crippen molar-refractivity contribution in [1.29, 1.82) is 5.26 Å². The number of nitrogens with two attached hydrogens (primary N) is 2. The van der Waals surface area contributed by atoms with Gasteiger partial charge >= 0.3 is 6.18 Å². The van der Waals surface area contributed by atoms with E-state index in [0.29, 0.717) is 17.2 Å². The molecule has 136 valence electrons. The first-order chi connectivity index (χ1) is 12.3. The van der Waals surface area contributed by atoms with Gasteiger partial charge in [0.2, 0.25) is 5.56 Å². The number of hydrogen-bond acceptors (Lipinski definition) is 6. The number of aromatic amines is 1. The van der Waals surface area contributed by atoms with Crippen molar-refractivity contribution in [3.05, 3.63) is 62.9 Å². The summed E-state index contributed by atoms with van der Waals surface area (Å²) in [5, 5.41) is 12.4. The molecule has 26 heavy (non-hydrogen) atoms. The molecule has 0 radical (unpaired) electrons. The Morgan fingerprint density at radius 3 is 2.69 bits per heavy atom. The molecule has 1 aromatic heterocycles. The largest absolute Gasteiger partial charge is 0.417 e. The molecule has 1 heterocycles. The number of thioether (sulfide) groups is 1. The van der Waals surface area contributed by atoms with E-state index in [1.165, 1.54) is 6.07 Å². The average Bonchev–Trinajstić information content (AvgIpc) is 2.60. The van der Waals surface area contributed by atoms with Gasteiger partial charge in [0, 0.05) is 17.4 Å². The smallest absolute Gasteiger partial charge is 0.321 e. The molecule has 0 spiro atoms. The number of aromatic nitrogens is 1. The van der Waals surface area contributed by atoms with Gasteiger partial charge in [-0.15, -0.1) is 11.8 Å². The van der Waals surface area contributed by atoms with Crippen molar-refractivity contribution >= 4 is 17.6 Å². The maximum absolute atomic E-state index is 13.0. The number of nitriles is 1. The van der Waals surface area contributed by atoms with Gasteiger partial charge in [0.05, 0.1) is 16.2 Å². The van der Waals surface area contributed by atoms with Crippen molar-refractivity contribution < 1.29 is 13.2 Å². The Bertz CT molecular complexity index is 932. The van der Waals surface area contributed by atoms with E-state index in [-0.39, 0.29) is 16.6 Å². The van der Waals surface area contributed by atoms with Gasteiger partial charge in [-0.25, -0.2) is 5.84 Å². The Morgan fingerprint density at radius 1 is 1.38 bits per heavy atom. The highest BCUT2D eigenvalue weighted by Crippen LogP contribution is 2.34. The van der Waals surface area contributed by atoms with Crippen LogP contribution in [0.1, 0.15) is 22.3 Å². The molecule has 2 rings (SSSR count). The third-order valence-corrected chi connectivity index (χ3v) is 4.35. The van der Waals surface area contributed by atoms with E-state index < -0.39 is 22.9 Å². The lowest BCUT2D eigenvalue weighted by molar-refractivity contribution is -0.138. The molecular formula is C15H13F3N6OS. The normalized spacial score (nSPS) is 11.9. The molecule has 0 unspecified atom stereocenters. The van der Waals surface area contributed by atoms with Crippen LogP contribution in [0.5, 0.6) is 0 Å². The van der Waals surface area contributed by atoms with Gasteiger partial charge in [-0.05, 0) is 11.6 Å². The number of halogens is 3. The zero-order valence-electron chi connectivity index (χ0n) is 13.1. The molecule has 11 heteroatoms. The standard InChI is InChI=1S/C15H13F3N6OS/c16-15(17,18)11-5-12(25)22-14(10(11)6-19)26-7-8-2-1-3-9(4-8)13(23-20)24-21/h1-5H,7,20-21H2,(H,22,25)(H,23,24). The molecule has 0 aliphatic heterocycles. The number of nitrogens with zero attached hydrogens (tertiary/aromatic N) is 2. The van der Waals surface area contributed by atoms with E-state index in [2.05, 4.69) is 15.5 Å². The number of rotatable bonds is 4. The van der Waals surface area contributed by atoms with Gasteiger partial charge in [0.15, 0.2) is 5.84 Å². The maximum atomic E-state index is 13.0. The van der Waals surface area contributed by atoms with Crippen LogP contribution in [0, 0.1) is 11.3 Å². The fraction of sp³-hybridized carbons (Fsp3) is 0.133. The van der Waals surface area contributed by atoms with Crippen molar-refractivity contribution in [2.24, 2.45) is 16.8 Å². The Labute approximate surface area is 149 Å². The predicted molar refractivity (Wildman–Crippen MR) is 90.8 cm³/mol. The lowest BCUT2D eigenvalue weighted by Crippen LogP contribution is -2.32. The summed E-state index contributed by atoms with van der Waals surface area (Å²) in [4.78, 5) is 13.8. The Morgan fingerprint density at radius 2 is 2.12 bits per heavy atom. The highest BCUT2D eigenvalue weighted by molar-refractivity contribution is 7.98. The Kier molecular flexibility index (Phi) is 5.91. The third kappa shape index (κ3) is 4.35. The molecule has 6 N–H and O–H groups in total. The van der Waals surface area contributed by atoms with Crippen molar-refractivity contribution in [3.63, 3.8) is 0 Å². The summed E-state index contributed by atoms with van der Waals surface area (Å²) < 4.78 is 39.1. The summed E-state index contributed by atoms with van der Waals surface area (Å²) in [6.07, 6.45) is -4.80. The number of hydrogen-bond donors (Lipinski definition) is 4. The van der Waals surface area contributed by atoms with Crippen molar-refractivity contribution in [3.8, 4) is 6.07 Å². The van der Waals surface area contributed by atoms with E-state index >= 15 is 0 Å². The van der Waals surface area contributed by atoms with Crippen LogP contribution in [-0.4, -0.2) is 10.8 Å². The highest BCUT2D eigenvalue weighted by Gasteiger charge is 2.35. The van der Waals surface area contributed by atoms with Crippen LogP contribution < -0.4 is 22.7 Å². The van der Waals surface area contributed by atoms with Gasteiger partial charge in [-0.1, -0.05) is 18.2 Å². The van der Waals surface area contributed by atoms with Crippen molar-refractivity contribution in [2.45, 2.75) is 17.0 Å². The number of H-pyrrole nitrogens is 1. The first kappa shape index (κ1) is 19.4. The lowest BCUT2D eigenvalue weighted by Gasteiger charge is -2.12. The number of alkyl halides is 3. The molecule has 7 nitrogen and oxygen atoms in total. The molecule has 0 atom stereocenters. The molecule has 0 aliphatic carbocycles. The molecule has 2 aromatic rings. The quantitative estimate of drug-likeness (QED) is 0.209. The fourth-order valence-electron chi connectivity index (χ4n) is 2.14. The van der Waals surface area contributed by atoms with Crippen LogP contribution in [0.2, 0.25) is 0 Å². The monoisotopic (exact) mass is 382 g/mol. The second-order valence-electron chi connectivity index (χ2n) is 4.97. The van der Waals surface area contributed by atoms with E-state index in [0.717, 1.165) is 11.8 Å². The minimum atomic E-state index is -4.80. The van der Waals surface area contributed by atoms with Gasteiger partial charge in [0.25, 0.3) is 0 Å². The SMILES string of the molecule is N#Cc1c(C(F)(F)F)cc(=O)[nH]c1SCc1cccc(/C(=N/N)NN)c1. The number of benzene rings is 1. The number of hydrazine groups is 1. The van der Waals surface area contributed by atoms with Gasteiger partial charge < -0.3 is 16.3 Å². The molecule has 0 fully saturated rings. The number of pyridine rings is 1. The minimum Gasteiger partial charge on any atom is -0.321 e. The third-order valence-electron chi connectivity index (χ3n) is 3.28. The van der Waals surface area contributed by atoms with E-state index in [1.54, 1.807) is 24.3 Å². The molecule has 0 bridgehead atoms. The van der Waals surface area contributed by atoms with Crippen molar-refractivity contribution in [2.75, 3.05) is 0 Å². The maximum Gasteiger partial charge on any atom is 0.417 e. The first-order valence-corrected chi connectivity index (χ1v) is 8.00. The zero-order valence-corrected chi connectivity index (χ0v) is 13.9. The van der Waals surface area contributed by atoms with Gasteiger partial charge in [-0.2, -0.15) is 23.5 Å². The topological polar surface area (TPSA) is 133 Å². The summed E-state index contributed by atoms with van der Waals surface area (Å²) >= 11 is 0.904. The molecular weight excluding hydrogens is 369 g/mol. The van der Waals surface area contributed by atoms with Crippen molar-refractivity contribution in [1.82, 2.24) is 10.4 Å². The molecule has 1 aromatic carbocycles. The fourth-order valence-corrected chi connectivity index (χ4v) is 3.10. The summed E-state index contributed by atoms with van der Waals surface area (Å²) in [5.41, 5.74) is 0.785. The molecule has 0 saturated carbocycles. The zero-order chi connectivity index (χ0) is 19.3. The molecule has 0 saturated heterocycles. The molecule has 0 aliphatic rings. The second-order valence-corrected chi connectivity index (χ2v) is 5.96. The van der Waals surface area contributed by atoms with Crippen LogP contribution in [0.4, 0.5) is 13.2 Å². The van der Waals surface area contributed by atoms with Crippen LogP contribution >= 0.6 is 11.8 Å². The summed E-state index contributed by atoms with van der Waals surface area (Å²) in [6, 6.07) is 8.66. The number of nitrogens with one attached hydrogen (secondary N) is 2. The Balaban J connectivity index is 2.34. The van der Waals surface area contributed by atoms with Crippen LogP contribution in [-0.2, 0) is 11.9 Å². The summed E-state index contributed by atoms with van der Waals surface area (Å²) in [7, 11) is 0. The van der Waals surface area contributed by atoms with Gasteiger partial charge in [0.1, 0.15) is 6.07 Å². The van der Waals surface area contributed by atoms with Crippen LogP contribution in [0.15, 0.2) is 45.3 Å². The van der Waals surface area contributed by atoms with Crippen LogP contribution in [0.25, 0.3) is 0 Å².